The van der Waals surface area contributed by atoms with Gasteiger partial charge in [-0.1, -0.05) is 47.6 Å². The van der Waals surface area contributed by atoms with Crippen LogP contribution in [0.15, 0.2) is 47.6 Å². The molecule has 0 bridgehead atoms. The molecule has 0 fully saturated rings. The first kappa shape index (κ1) is 13.4. The summed E-state index contributed by atoms with van der Waals surface area (Å²) < 4.78 is 0. The third-order valence-corrected chi connectivity index (χ3v) is 4.15. The van der Waals surface area contributed by atoms with Gasteiger partial charge in [0.2, 0.25) is 0 Å². The van der Waals surface area contributed by atoms with Gasteiger partial charge in [0.25, 0.3) is 0 Å². The molecule has 1 heterocycles. The number of benzene rings is 1. The second-order valence-electron chi connectivity index (χ2n) is 4.01. The minimum absolute atomic E-state index is 0.222. The highest BCUT2D eigenvalue weighted by molar-refractivity contribution is 7.99. The van der Waals surface area contributed by atoms with Gasteiger partial charge < -0.3 is 5.73 Å². The molecule has 2 aromatic rings. The highest BCUT2D eigenvalue weighted by Crippen LogP contribution is 2.34. The molecule has 1 unspecified atom stereocenters. The van der Waals surface area contributed by atoms with Crippen molar-refractivity contribution < 1.29 is 0 Å². The lowest BCUT2D eigenvalue weighted by atomic mass is 10.1. The van der Waals surface area contributed by atoms with E-state index in [-0.39, 0.29) is 5.25 Å². The third kappa shape index (κ3) is 3.25. The Hall–Kier alpha value is -1.03. The molecule has 0 spiro atoms. The van der Waals surface area contributed by atoms with Gasteiger partial charge in [0.05, 0.1) is 10.0 Å². The lowest BCUT2D eigenvalue weighted by Crippen LogP contribution is -2.10. The number of thioether (sulfide) groups is 1. The first-order valence-electron chi connectivity index (χ1n) is 5.74. The SMILES string of the molecule is Cc1ccccc1C(CN)Sc1ccc(Cl)cn1. The van der Waals surface area contributed by atoms with Crippen molar-refractivity contribution in [3.63, 3.8) is 0 Å². The summed E-state index contributed by atoms with van der Waals surface area (Å²) in [5, 5.41) is 1.82. The van der Waals surface area contributed by atoms with Gasteiger partial charge >= 0.3 is 0 Å². The van der Waals surface area contributed by atoms with Crippen LogP contribution in [0, 0.1) is 6.92 Å². The maximum atomic E-state index is 5.88. The molecule has 0 aliphatic heterocycles. The lowest BCUT2D eigenvalue weighted by Gasteiger charge is -2.16. The van der Waals surface area contributed by atoms with Crippen molar-refractivity contribution in [2.24, 2.45) is 5.73 Å². The third-order valence-electron chi connectivity index (χ3n) is 2.71. The Bertz CT molecular complexity index is 513. The molecular weight excluding hydrogens is 264 g/mol. The molecule has 2 nitrogen and oxygen atoms in total. The Morgan fingerprint density at radius 2 is 2.06 bits per heavy atom. The predicted octanol–water partition coefficient (Wildman–Crippen LogP) is 3.84. The number of hydrogen-bond acceptors (Lipinski definition) is 3. The van der Waals surface area contributed by atoms with E-state index < -0.39 is 0 Å². The molecule has 2 rings (SSSR count). The number of halogens is 1. The van der Waals surface area contributed by atoms with E-state index in [1.807, 2.05) is 24.3 Å². The monoisotopic (exact) mass is 278 g/mol. The van der Waals surface area contributed by atoms with Crippen LogP contribution in [0.5, 0.6) is 0 Å². The van der Waals surface area contributed by atoms with Crippen molar-refractivity contribution in [1.29, 1.82) is 0 Å². The largest absolute Gasteiger partial charge is 0.329 e. The maximum Gasteiger partial charge on any atom is 0.0967 e. The van der Waals surface area contributed by atoms with Crippen molar-refractivity contribution in [3.8, 4) is 0 Å². The minimum Gasteiger partial charge on any atom is -0.329 e. The van der Waals surface area contributed by atoms with E-state index in [2.05, 4.69) is 24.0 Å². The number of nitrogens with zero attached hydrogens (tertiary/aromatic N) is 1. The molecule has 0 radical (unpaired) electrons. The fourth-order valence-corrected chi connectivity index (χ4v) is 2.92. The molecule has 0 amide bonds. The van der Waals surface area contributed by atoms with Crippen molar-refractivity contribution >= 4 is 23.4 Å². The summed E-state index contributed by atoms with van der Waals surface area (Å²) in [5.74, 6) is 0. The van der Waals surface area contributed by atoms with Crippen LogP contribution in [0.25, 0.3) is 0 Å². The second-order valence-corrected chi connectivity index (χ2v) is 5.67. The molecule has 1 aromatic carbocycles. The van der Waals surface area contributed by atoms with Gasteiger partial charge in [0.15, 0.2) is 0 Å². The Balaban J connectivity index is 2.20. The summed E-state index contributed by atoms with van der Waals surface area (Å²) in [6.07, 6.45) is 1.66. The van der Waals surface area contributed by atoms with Crippen LogP contribution in [0.4, 0.5) is 0 Å². The van der Waals surface area contributed by atoms with Gasteiger partial charge in [-0.3, -0.25) is 0 Å². The van der Waals surface area contributed by atoms with Crippen LogP contribution in [-0.4, -0.2) is 11.5 Å². The van der Waals surface area contributed by atoms with Gasteiger partial charge in [-0.05, 0) is 30.2 Å². The van der Waals surface area contributed by atoms with Gasteiger partial charge in [-0.15, -0.1) is 0 Å². The standard InChI is InChI=1S/C14H15ClN2S/c1-10-4-2-3-5-12(10)13(8-16)18-14-7-6-11(15)9-17-14/h2-7,9,13H,8,16H2,1H3. The zero-order valence-corrected chi connectivity index (χ0v) is 11.7. The van der Waals surface area contributed by atoms with Gasteiger partial charge in [0.1, 0.15) is 0 Å². The van der Waals surface area contributed by atoms with Gasteiger partial charge in [-0.25, -0.2) is 4.98 Å². The number of pyridine rings is 1. The summed E-state index contributed by atoms with van der Waals surface area (Å²) in [5.41, 5.74) is 8.40. The minimum atomic E-state index is 0.222. The van der Waals surface area contributed by atoms with E-state index in [1.54, 1.807) is 18.0 Å². The molecule has 94 valence electrons. The van der Waals surface area contributed by atoms with E-state index in [0.29, 0.717) is 11.6 Å². The molecular formula is C14H15ClN2S. The summed E-state index contributed by atoms with van der Waals surface area (Å²) in [6, 6.07) is 12.1. The van der Waals surface area contributed by atoms with E-state index >= 15 is 0 Å². The van der Waals surface area contributed by atoms with Crippen molar-refractivity contribution in [1.82, 2.24) is 4.98 Å². The van der Waals surface area contributed by atoms with Crippen LogP contribution in [0.1, 0.15) is 16.4 Å². The number of nitrogens with two attached hydrogens (primary N) is 1. The zero-order chi connectivity index (χ0) is 13.0. The number of aromatic nitrogens is 1. The Labute approximate surface area is 117 Å². The average molecular weight is 279 g/mol. The lowest BCUT2D eigenvalue weighted by molar-refractivity contribution is 0.925. The molecule has 2 N–H and O–H groups in total. The van der Waals surface area contributed by atoms with Crippen molar-refractivity contribution in [2.75, 3.05) is 6.54 Å². The topological polar surface area (TPSA) is 38.9 Å². The molecule has 0 saturated carbocycles. The maximum absolute atomic E-state index is 5.88. The van der Waals surface area contributed by atoms with Crippen LogP contribution < -0.4 is 5.73 Å². The number of aryl methyl sites for hydroxylation is 1. The van der Waals surface area contributed by atoms with Gasteiger partial charge in [-0.2, -0.15) is 0 Å². The van der Waals surface area contributed by atoms with Gasteiger partial charge in [0, 0.05) is 18.0 Å². The van der Waals surface area contributed by atoms with E-state index in [4.69, 9.17) is 17.3 Å². The number of hydrogen-bond donors (Lipinski definition) is 1. The molecule has 0 saturated heterocycles. The molecule has 0 aliphatic rings. The van der Waals surface area contributed by atoms with Crippen molar-refractivity contribution in [3.05, 3.63) is 58.7 Å². The highest BCUT2D eigenvalue weighted by atomic mass is 35.5. The normalized spacial score (nSPS) is 12.4. The van der Waals surface area contributed by atoms with E-state index in [0.717, 1.165) is 5.03 Å². The molecule has 1 aromatic heterocycles. The zero-order valence-electron chi connectivity index (χ0n) is 10.1. The highest BCUT2D eigenvalue weighted by Gasteiger charge is 2.13. The summed E-state index contributed by atoms with van der Waals surface area (Å²) in [7, 11) is 0. The molecule has 0 aliphatic carbocycles. The first-order valence-corrected chi connectivity index (χ1v) is 7.00. The quantitative estimate of drug-likeness (QED) is 0.864. The van der Waals surface area contributed by atoms with Crippen LogP contribution >= 0.6 is 23.4 Å². The first-order chi connectivity index (χ1) is 8.70. The Morgan fingerprint density at radius 3 is 2.67 bits per heavy atom. The fourth-order valence-electron chi connectivity index (χ4n) is 1.76. The fraction of sp³-hybridized carbons (Fsp3) is 0.214. The Kier molecular flexibility index (Phi) is 4.64. The smallest absolute Gasteiger partial charge is 0.0967 e. The second kappa shape index (κ2) is 6.23. The van der Waals surface area contributed by atoms with E-state index in [9.17, 15) is 0 Å². The Morgan fingerprint density at radius 1 is 1.28 bits per heavy atom. The predicted molar refractivity (Wildman–Crippen MR) is 78.1 cm³/mol. The van der Waals surface area contributed by atoms with Crippen molar-refractivity contribution in [2.45, 2.75) is 17.2 Å². The summed E-state index contributed by atoms with van der Waals surface area (Å²) in [6.45, 7) is 2.69. The van der Waals surface area contributed by atoms with E-state index in [1.165, 1.54) is 11.1 Å². The number of rotatable bonds is 4. The molecule has 18 heavy (non-hydrogen) atoms. The van der Waals surface area contributed by atoms with Crippen LogP contribution in [0.2, 0.25) is 5.02 Å². The van der Waals surface area contributed by atoms with Crippen LogP contribution in [0.3, 0.4) is 0 Å². The average Bonchev–Trinajstić information content (AvgIpc) is 2.39. The molecule has 4 heteroatoms. The molecule has 1 atom stereocenters. The van der Waals surface area contributed by atoms with Crippen LogP contribution in [-0.2, 0) is 0 Å². The summed E-state index contributed by atoms with van der Waals surface area (Å²) >= 11 is 7.50. The summed E-state index contributed by atoms with van der Waals surface area (Å²) in [4.78, 5) is 4.30.